The molecular weight excluding hydrogens is 462 g/mol. The number of aromatic nitrogens is 2. The lowest BCUT2D eigenvalue weighted by Gasteiger charge is -2.30. The highest BCUT2D eigenvalue weighted by atomic mass is 127. The first kappa shape index (κ1) is 25.0. The smallest absolute Gasteiger partial charge is 0.374 e. The number of hydrogen-bond donors (Lipinski definition) is 3. The summed E-state index contributed by atoms with van der Waals surface area (Å²) in [5, 5.41) is 16.1. The summed E-state index contributed by atoms with van der Waals surface area (Å²) in [6, 6.07) is 0. The quantitative estimate of drug-likeness (QED) is 0.297. The van der Waals surface area contributed by atoms with E-state index in [1.54, 1.807) is 0 Å². The van der Waals surface area contributed by atoms with Gasteiger partial charge in [0.05, 0.1) is 0 Å². The van der Waals surface area contributed by atoms with Crippen LogP contribution in [0.4, 0.5) is 13.2 Å². The van der Waals surface area contributed by atoms with Crippen molar-refractivity contribution in [1.29, 1.82) is 0 Å². The van der Waals surface area contributed by atoms with Crippen LogP contribution >= 0.6 is 24.0 Å². The van der Waals surface area contributed by atoms with E-state index >= 15 is 0 Å². The number of nitrogens with zero attached hydrogens (tertiary/aromatic N) is 3. The van der Waals surface area contributed by atoms with Crippen LogP contribution in [0, 0.1) is 5.92 Å². The van der Waals surface area contributed by atoms with Crippen LogP contribution in [0.15, 0.2) is 17.4 Å². The van der Waals surface area contributed by atoms with Crippen LogP contribution in [-0.4, -0.2) is 46.4 Å². The van der Waals surface area contributed by atoms with E-state index in [0.717, 1.165) is 6.42 Å². The number of imidazole rings is 1. The van der Waals surface area contributed by atoms with Crippen LogP contribution in [0.1, 0.15) is 39.4 Å². The zero-order valence-electron chi connectivity index (χ0n) is 15.6. The van der Waals surface area contributed by atoms with Gasteiger partial charge in [0.2, 0.25) is 5.60 Å². The van der Waals surface area contributed by atoms with Gasteiger partial charge in [0.25, 0.3) is 0 Å². The zero-order chi connectivity index (χ0) is 19.1. The fourth-order valence-electron chi connectivity index (χ4n) is 2.28. The highest BCUT2D eigenvalue weighted by Crippen LogP contribution is 2.40. The lowest BCUT2D eigenvalue weighted by atomic mass is 9.97. The molecule has 0 bridgehead atoms. The fraction of sp³-hybridized carbons (Fsp3) is 0.750. The first-order valence-corrected chi connectivity index (χ1v) is 8.41. The molecule has 10 heteroatoms. The number of halogens is 4. The topological polar surface area (TPSA) is 74.5 Å². The molecule has 0 amide bonds. The molecule has 1 heterocycles. The van der Waals surface area contributed by atoms with E-state index in [2.05, 4.69) is 34.5 Å². The molecule has 1 rings (SSSR count). The fourth-order valence-corrected chi connectivity index (χ4v) is 2.28. The van der Waals surface area contributed by atoms with Gasteiger partial charge in [0.15, 0.2) is 5.96 Å². The Hall–Kier alpha value is -1.04. The van der Waals surface area contributed by atoms with Gasteiger partial charge in [-0.3, -0.25) is 4.99 Å². The largest absolute Gasteiger partial charge is 0.424 e. The van der Waals surface area contributed by atoms with Crippen molar-refractivity contribution in [2.24, 2.45) is 18.0 Å². The Morgan fingerprint density at radius 1 is 1.35 bits per heavy atom. The summed E-state index contributed by atoms with van der Waals surface area (Å²) in [5.41, 5.74) is -3.02. The van der Waals surface area contributed by atoms with Crippen LogP contribution in [-0.2, 0) is 12.6 Å². The third kappa shape index (κ3) is 6.93. The molecule has 152 valence electrons. The van der Waals surface area contributed by atoms with Gasteiger partial charge in [-0.1, -0.05) is 13.8 Å². The van der Waals surface area contributed by atoms with Crippen molar-refractivity contribution in [3.05, 3.63) is 18.2 Å². The molecule has 3 N–H and O–H groups in total. The summed E-state index contributed by atoms with van der Waals surface area (Å²) in [6.45, 7) is 7.10. The van der Waals surface area contributed by atoms with E-state index in [9.17, 15) is 18.3 Å². The van der Waals surface area contributed by atoms with Crippen molar-refractivity contribution < 1.29 is 18.3 Å². The minimum absolute atomic E-state index is 0. The summed E-state index contributed by atoms with van der Waals surface area (Å²) in [7, 11) is 1.42. The molecule has 0 saturated heterocycles. The predicted octanol–water partition coefficient (Wildman–Crippen LogP) is 2.78. The number of alkyl halides is 3. The molecular formula is C16H29F3IN5O. The highest BCUT2D eigenvalue weighted by Gasteiger charge is 2.57. The number of hydrogen-bond acceptors (Lipinski definition) is 3. The first-order valence-electron chi connectivity index (χ1n) is 8.41. The maximum Gasteiger partial charge on any atom is 0.424 e. The second-order valence-electron chi connectivity index (χ2n) is 6.34. The molecule has 6 nitrogen and oxygen atoms in total. The van der Waals surface area contributed by atoms with Gasteiger partial charge in [-0.05, 0) is 19.3 Å². The third-order valence-electron chi connectivity index (χ3n) is 3.76. The average Bonchev–Trinajstić information content (AvgIpc) is 2.92. The van der Waals surface area contributed by atoms with Gasteiger partial charge in [-0.25, -0.2) is 4.98 Å². The number of guanidine groups is 1. The van der Waals surface area contributed by atoms with Crippen LogP contribution in [0.2, 0.25) is 0 Å². The van der Waals surface area contributed by atoms with Gasteiger partial charge >= 0.3 is 6.18 Å². The summed E-state index contributed by atoms with van der Waals surface area (Å²) in [5.74, 6) is 0.501. The second-order valence-corrected chi connectivity index (χ2v) is 6.34. The van der Waals surface area contributed by atoms with E-state index in [1.807, 2.05) is 6.92 Å². The molecule has 0 fully saturated rings. The van der Waals surface area contributed by atoms with Gasteiger partial charge in [0, 0.05) is 45.5 Å². The molecule has 0 aromatic carbocycles. The van der Waals surface area contributed by atoms with Crippen molar-refractivity contribution in [2.45, 2.75) is 45.4 Å². The minimum atomic E-state index is -4.83. The number of aryl methyl sites for hydroxylation is 1. The molecule has 0 spiro atoms. The van der Waals surface area contributed by atoms with Crippen molar-refractivity contribution in [2.75, 3.05) is 19.6 Å². The normalized spacial score (nSPS) is 14.7. The van der Waals surface area contributed by atoms with Crippen molar-refractivity contribution in [3.63, 3.8) is 0 Å². The average molecular weight is 491 g/mol. The van der Waals surface area contributed by atoms with E-state index in [4.69, 9.17) is 0 Å². The molecule has 1 aromatic heterocycles. The number of aliphatic hydroxyl groups is 1. The van der Waals surface area contributed by atoms with Gasteiger partial charge in [-0.2, -0.15) is 13.2 Å². The summed E-state index contributed by atoms with van der Waals surface area (Å²) >= 11 is 0. The monoisotopic (exact) mass is 491 g/mol. The molecule has 1 unspecified atom stereocenters. The molecule has 0 aliphatic heterocycles. The van der Waals surface area contributed by atoms with E-state index < -0.39 is 24.0 Å². The Balaban J connectivity index is 0.00000625. The van der Waals surface area contributed by atoms with Crippen molar-refractivity contribution >= 4 is 29.9 Å². The minimum Gasteiger partial charge on any atom is -0.374 e. The molecule has 0 aliphatic rings. The van der Waals surface area contributed by atoms with Crippen molar-refractivity contribution in [1.82, 2.24) is 20.2 Å². The standard InChI is InChI=1S/C16H28F3N5O.HI/c1-5-20-14(22-8-6-12(2)3)23-9-7-15(25,16(17,18)19)13-21-10-11-24(13)4;/h10-12,25H,5-9H2,1-4H3,(H2,20,22,23);1H. The maximum absolute atomic E-state index is 13.4. The molecule has 0 aliphatic carbocycles. The van der Waals surface area contributed by atoms with E-state index in [-0.39, 0.29) is 30.5 Å². The zero-order valence-corrected chi connectivity index (χ0v) is 17.9. The number of rotatable bonds is 8. The highest BCUT2D eigenvalue weighted by molar-refractivity contribution is 14.0. The molecule has 1 atom stereocenters. The molecule has 0 saturated carbocycles. The van der Waals surface area contributed by atoms with Crippen molar-refractivity contribution in [3.8, 4) is 0 Å². The summed E-state index contributed by atoms with van der Waals surface area (Å²) in [4.78, 5) is 8.00. The summed E-state index contributed by atoms with van der Waals surface area (Å²) in [6.07, 6.45) is -1.92. The molecule has 1 aromatic rings. The maximum atomic E-state index is 13.4. The van der Waals surface area contributed by atoms with Crippen LogP contribution in [0.3, 0.4) is 0 Å². The molecule has 26 heavy (non-hydrogen) atoms. The number of nitrogens with one attached hydrogen (secondary N) is 2. The molecule has 0 radical (unpaired) electrons. The summed E-state index contributed by atoms with van der Waals surface area (Å²) < 4.78 is 41.5. The predicted molar refractivity (Wildman–Crippen MR) is 107 cm³/mol. The van der Waals surface area contributed by atoms with Crippen LogP contribution in [0.25, 0.3) is 0 Å². The van der Waals surface area contributed by atoms with E-state index in [0.29, 0.717) is 25.0 Å². The lowest BCUT2D eigenvalue weighted by Crippen LogP contribution is -2.48. The number of aliphatic imine (C=N–C) groups is 1. The third-order valence-corrected chi connectivity index (χ3v) is 3.76. The Labute approximate surface area is 169 Å². The second kappa shape index (κ2) is 11.0. The van der Waals surface area contributed by atoms with Crippen LogP contribution < -0.4 is 10.6 Å². The van der Waals surface area contributed by atoms with Crippen LogP contribution in [0.5, 0.6) is 0 Å². The first-order chi connectivity index (χ1) is 11.6. The Kier molecular flexibility index (Phi) is 10.5. The lowest BCUT2D eigenvalue weighted by molar-refractivity contribution is -0.272. The Bertz CT molecular complexity index is 562. The Morgan fingerprint density at radius 3 is 2.46 bits per heavy atom. The van der Waals surface area contributed by atoms with Gasteiger partial charge < -0.3 is 20.3 Å². The van der Waals surface area contributed by atoms with Gasteiger partial charge in [-0.15, -0.1) is 24.0 Å². The van der Waals surface area contributed by atoms with E-state index in [1.165, 1.54) is 24.0 Å². The van der Waals surface area contributed by atoms with Gasteiger partial charge in [0.1, 0.15) is 5.82 Å². The SMILES string of the molecule is CCNC(=NCCC(C)C)NCCC(O)(c1nccn1C)C(F)(F)F.I. The Morgan fingerprint density at radius 2 is 2.00 bits per heavy atom.